The number of ether oxygens (including phenoxy) is 1. The Balaban J connectivity index is 1.71. The summed E-state index contributed by atoms with van der Waals surface area (Å²) in [6.45, 7) is 9.82. The third-order valence-corrected chi connectivity index (χ3v) is 4.82. The standard InChI is InChI=1S/C18H28N2O/c1-13-7-5-8-14(2)20(13)19-12-16-10-6-9-15-11-18(3,4)21-17(15)16/h6,9-10,13-14,19H,5,7-8,11-12H2,1-4H3. The van der Waals surface area contributed by atoms with E-state index in [1.807, 2.05) is 0 Å². The highest BCUT2D eigenvalue weighted by Gasteiger charge is 2.32. The third-order valence-electron chi connectivity index (χ3n) is 4.82. The molecular formula is C18H28N2O. The van der Waals surface area contributed by atoms with Crippen LogP contribution in [0, 0.1) is 0 Å². The second-order valence-electron chi connectivity index (χ2n) is 7.32. The first kappa shape index (κ1) is 14.9. The van der Waals surface area contributed by atoms with E-state index in [-0.39, 0.29) is 5.60 Å². The van der Waals surface area contributed by atoms with Gasteiger partial charge in [-0.15, -0.1) is 0 Å². The SMILES string of the molecule is CC1CCCC(C)N1NCc1cccc2c1OC(C)(C)C2. The summed E-state index contributed by atoms with van der Waals surface area (Å²) in [7, 11) is 0. The summed E-state index contributed by atoms with van der Waals surface area (Å²) >= 11 is 0. The predicted octanol–water partition coefficient (Wildman–Crippen LogP) is 3.67. The number of hydrazine groups is 1. The van der Waals surface area contributed by atoms with E-state index in [1.54, 1.807) is 0 Å². The number of fused-ring (bicyclic) bond motifs is 1. The molecule has 1 N–H and O–H groups in total. The van der Waals surface area contributed by atoms with Crippen molar-refractivity contribution in [2.75, 3.05) is 0 Å². The Morgan fingerprint density at radius 3 is 2.67 bits per heavy atom. The van der Waals surface area contributed by atoms with Crippen LogP contribution in [0.5, 0.6) is 5.75 Å². The normalized spacial score (nSPS) is 28.2. The van der Waals surface area contributed by atoms with Crippen LogP contribution in [0.25, 0.3) is 0 Å². The summed E-state index contributed by atoms with van der Waals surface area (Å²) < 4.78 is 6.16. The third kappa shape index (κ3) is 3.09. The Bertz CT molecular complexity index is 502. The molecule has 1 aromatic rings. The molecule has 116 valence electrons. The molecule has 1 fully saturated rings. The molecule has 3 heteroatoms. The van der Waals surface area contributed by atoms with Crippen LogP contribution in [0.1, 0.15) is 58.1 Å². The van der Waals surface area contributed by atoms with Crippen LogP contribution in [-0.2, 0) is 13.0 Å². The van der Waals surface area contributed by atoms with E-state index in [4.69, 9.17) is 4.74 Å². The van der Waals surface area contributed by atoms with E-state index in [0.29, 0.717) is 12.1 Å². The minimum absolute atomic E-state index is 0.0653. The highest BCUT2D eigenvalue weighted by molar-refractivity contribution is 5.45. The molecule has 0 aliphatic carbocycles. The van der Waals surface area contributed by atoms with E-state index in [1.165, 1.54) is 30.4 Å². The molecule has 3 rings (SSSR count). The van der Waals surface area contributed by atoms with Crippen LogP contribution in [-0.4, -0.2) is 22.7 Å². The van der Waals surface area contributed by atoms with Crippen molar-refractivity contribution in [1.82, 2.24) is 10.4 Å². The average Bonchev–Trinajstić information content (AvgIpc) is 2.73. The maximum absolute atomic E-state index is 6.16. The Labute approximate surface area is 128 Å². The van der Waals surface area contributed by atoms with Crippen LogP contribution >= 0.6 is 0 Å². The largest absolute Gasteiger partial charge is 0.487 e. The van der Waals surface area contributed by atoms with E-state index < -0.39 is 0 Å². The van der Waals surface area contributed by atoms with Crippen molar-refractivity contribution >= 4 is 0 Å². The zero-order valence-electron chi connectivity index (χ0n) is 13.8. The highest BCUT2D eigenvalue weighted by Crippen LogP contribution is 2.37. The van der Waals surface area contributed by atoms with Gasteiger partial charge in [0.2, 0.25) is 0 Å². The lowest BCUT2D eigenvalue weighted by atomic mass is 9.99. The second kappa shape index (κ2) is 5.62. The van der Waals surface area contributed by atoms with Crippen molar-refractivity contribution in [3.05, 3.63) is 29.3 Å². The van der Waals surface area contributed by atoms with E-state index in [9.17, 15) is 0 Å². The fourth-order valence-corrected chi connectivity index (χ4v) is 3.73. The second-order valence-corrected chi connectivity index (χ2v) is 7.32. The van der Waals surface area contributed by atoms with Gasteiger partial charge in [0.25, 0.3) is 0 Å². The summed E-state index contributed by atoms with van der Waals surface area (Å²) in [6.07, 6.45) is 4.92. The lowest BCUT2D eigenvalue weighted by molar-refractivity contribution is 0.0428. The van der Waals surface area contributed by atoms with Crippen LogP contribution in [0.4, 0.5) is 0 Å². The Hall–Kier alpha value is -1.06. The van der Waals surface area contributed by atoms with Crippen molar-refractivity contribution in [3.63, 3.8) is 0 Å². The van der Waals surface area contributed by atoms with Gasteiger partial charge in [-0.3, -0.25) is 5.43 Å². The van der Waals surface area contributed by atoms with Crippen LogP contribution in [0.3, 0.4) is 0 Å². The first-order chi connectivity index (χ1) is 9.96. The molecule has 2 heterocycles. The number of nitrogens with one attached hydrogen (secondary N) is 1. The van der Waals surface area contributed by atoms with Gasteiger partial charge < -0.3 is 4.74 Å². The fourth-order valence-electron chi connectivity index (χ4n) is 3.73. The van der Waals surface area contributed by atoms with Crippen molar-refractivity contribution in [3.8, 4) is 5.75 Å². The molecule has 0 spiro atoms. The summed E-state index contributed by atoms with van der Waals surface area (Å²) in [4.78, 5) is 0. The highest BCUT2D eigenvalue weighted by atomic mass is 16.5. The average molecular weight is 288 g/mol. The van der Waals surface area contributed by atoms with Gasteiger partial charge in [0.05, 0.1) is 0 Å². The van der Waals surface area contributed by atoms with Gasteiger partial charge in [-0.25, -0.2) is 5.01 Å². The molecule has 0 amide bonds. The van der Waals surface area contributed by atoms with Crippen LogP contribution in [0.15, 0.2) is 18.2 Å². The van der Waals surface area contributed by atoms with Crippen LogP contribution < -0.4 is 10.2 Å². The topological polar surface area (TPSA) is 24.5 Å². The van der Waals surface area contributed by atoms with E-state index in [2.05, 4.69) is 56.3 Å². The lowest BCUT2D eigenvalue weighted by Gasteiger charge is -2.39. The van der Waals surface area contributed by atoms with Gasteiger partial charge in [0.1, 0.15) is 11.4 Å². The van der Waals surface area contributed by atoms with Gasteiger partial charge in [-0.05, 0) is 46.1 Å². The van der Waals surface area contributed by atoms with Gasteiger partial charge in [0, 0.05) is 30.6 Å². The molecule has 0 radical (unpaired) electrons. The lowest BCUT2D eigenvalue weighted by Crippen LogP contribution is -2.51. The molecule has 2 aliphatic rings. The molecular weight excluding hydrogens is 260 g/mol. The number of rotatable bonds is 3. The zero-order valence-corrected chi connectivity index (χ0v) is 13.8. The molecule has 3 nitrogen and oxygen atoms in total. The van der Waals surface area contributed by atoms with Crippen molar-refractivity contribution in [2.45, 2.75) is 77.6 Å². The first-order valence-electron chi connectivity index (χ1n) is 8.28. The Morgan fingerprint density at radius 2 is 1.95 bits per heavy atom. The molecule has 0 bridgehead atoms. The first-order valence-corrected chi connectivity index (χ1v) is 8.28. The molecule has 2 unspecified atom stereocenters. The zero-order chi connectivity index (χ0) is 15.0. The maximum atomic E-state index is 6.16. The van der Waals surface area contributed by atoms with E-state index >= 15 is 0 Å². The number of hydrogen-bond acceptors (Lipinski definition) is 3. The minimum Gasteiger partial charge on any atom is -0.487 e. The Morgan fingerprint density at radius 1 is 1.24 bits per heavy atom. The number of para-hydroxylation sites is 1. The fraction of sp³-hybridized carbons (Fsp3) is 0.667. The number of piperidine rings is 1. The number of hydrogen-bond donors (Lipinski definition) is 1. The van der Waals surface area contributed by atoms with Gasteiger partial charge in [-0.2, -0.15) is 0 Å². The smallest absolute Gasteiger partial charge is 0.128 e. The summed E-state index contributed by atoms with van der Waals surface area (Å²) in [5.41, 5.74) is 6.21. The molecule has 2 aliphatic heterocycles. The van der Waals surface area contributed by atoms with Crippen molar-refractivity contribution < 1.29 is 4.74 Å². The van der Waals surface area contributed by atoms with Crippen LogP contribution in [0.2, 0.25) is 0 Å². The molecule has 21 heavy (non-hydrogen) atoms. The predicted molar refractivity (Wildman–Crippen MR) is 86.3 cm³/mol. The maximum Gasteiger partial charge on any atom is 0.128 e. The number of nitrogens with zero attached hydrogens (tertiary/aromatic N) is 1. The van der Waals surface area contributed by atoms with E-state index in [0.717, 1.165) is 18.7 Å². The van der Waals surface area contributed by atoms with Gasteiger partial charge in [0.15, 0.2) is 0 Å². The Kier molecular flexibility index (Phi) is 3.98. The summed E-state index contributed by atoms with van der Waals surface area (Å²) in [5, 5.41) is 2.43. The molecule has 2 atom stereocenters. The van der Waals surface area contributed by atoms with Crippen molar-refractivity contribution in [1.29, 1.82) is 0 Å². The minimum atomic E-state index is -0.0653. The summed E-state index contributed by atoms with van der Waals surface area (Å²) in [5.74, 6) is 1.10. The van der Waals surface area contributed by atoms with Crippen molar-refractivity contribution in [2.24, 2.45) is 0 Å². The van der Waals surface area contributed by atoms with Gasteiger partial charge >= 0.3 is 0 Å². The summed E-state index contributed by atoms with van der Waals surface area (Å²) in [6, 6.07) is 7.77. The monoisotopic (exact) mass is 288 g/mol. The molecule has 0 aromatic heterocycles. The number of benzene rings is 1. The van der Waals surface area contributed by atoms with Gasteiger partial charge in [-0.1, -0.05) is 24.6 Å². The molecule has 1 aromatic carbocycles. The molecule has 0 saturated carbocycles. The molecule has 1 saturated heterocycles. The quantitative estimate of drug-likeness (QED) is 0.918.